The van der Waals surface area contributed by atoms with E-state index in [0.717, 1.165) is 12.8 Å². The van der Waals surface area contributed by atoms with Crippen molar-refractivity contribution in [2.24, 2.45) is 0 Å². The number of nitrogens with one attached hydrogen (secondary N) is 1. The van der Waals surface area contributed by atoms with Crippen molar-refractivity contribution < 1.29 is 0 Å². The molecule has 1 aromatic rings. The molecular formula is C14H21N. The fourth-order valence-electron chi connectivity index (χ4n) is 1.98. The molecule has 0 aliphatic carbocycles. The molecule has 0 heterocycles. The summed E-state index contributed by atoms with van der Waals surface area (Å²) >= 11 is 0. The summed E-state index contributed by atoms with van der Waals surface area (Å²) in [7, 11) is 2.01. The van der Waals surface area contributed by atoms with E-state index >= 15 is 0 Å². The normalized spacial score (nSPS) is 12.5. The molecule has 0 aliphatic heterocycles. The molecule has 82 valence electrons. The first-order valence-electron chi connectivity index (χ1n) is 5.51. The predicted octanol–water partition coefficient (Wildman–Crippen LogP) is 3.01. The van der Waals surface area contributed by atoms with Gasteiger partial charge >= 0.3 is 0 Å². The number of hydrogen-bond donors (Lipinski definition) is 1. The summed E-state index contributed by atoms with van der Waals surface area (Å²) in [4.78, 5) is 0. The Morgan fingerprint density at radius 2 is 1.87 bits per heavy atom. The van der Waals surface area contributed by atoms with Gasteiger partial charge in [0.25, 0.3) is 0 Å². The van der Waals surface area contributed by atoms with Crippen LogP contribution in [0.1, 0.15) is 23.1 Å². The molecule has 1 unspecified atom stereocenters. The molecule has 0 spiro atoms. The Morgan fingerprint density at radius 1 is 1.27 bits per heavy atom. The zero-order chi connectivity index (χ0) is 11.3. The average molecular weight is 203 g/mol. The molecule has 0 saturated heterocycles. The maximum atomic E-state index is 3.79. The van der Waals surface area contributed by atoms with E-state index in [1.165, 1.54) is 16.7 Å². The zero-order valence-electron chi connectivity index (χ0n) is 10.0. The third-order valence-electron chi connectivity index (χ3n) is 2.62. The standard InChI is InChI=1S/C14H21N/c1-5-6-14(15-4)10-13-8-11(2)7-12(3)9-13/h5,7-9,14-15H,1,6,10H2,2-4H3. The van der Waals surface area contributed by atoms with Crippen LogP contribution in [-0.2, 0) is 6.42 Å². The quantitative estimate of drug-likeness (QED) is 0.725. The fourth-order valence-corrected chi connectivity index (χ4v) is 1.98. The van der Waals surface area contributed by atoms with Crippen molar-refractivity contribution in [1.29, 1.82) is 0 Å². The molecule has 1 nitrogen and oxygen atoms in total. The highest BCUT2D eigenvalue weighted by atomic mass is 14.9. The summed E-state index contributed by atoms with van der Waals surface area (Å²) in [5, 5.41) is 3.32. The topological polar surface area (TPSA) is 12.0 Å². The molecule has 1 heteroatoms. The molecular weight excluding hydrogens is 182 g/mol. The van der Waals surface area contributed by atoms with Crippen molar-refractivity contribution in [2.75, 3.05) is 7.05 Å². The second kappa shape index (κ2) is 5.72. The van der Waals surface area contributed by atoms with Gasteiger partial charge in [-0.25, -0.2) is 0 Å². The predicted molar refractivity (Wildman–Crippen MR) is 67.3 cm³/mol. The first kappa shape index (κ1) is 12.0. The van der Waals surface area contributed by atoms with E-state index in [-0.39, 0.29) is 0 Å². The van der Waals surface area contributed by atoms with Crippen LogP contribution in [0, 0.1) is 13.8 Å². The Labute approximate surface area is 93.2 Å². The SMILES string of the molecule is C=CCC(Cc1cc(C)cc(C)c1)NC. The van der Waals surface area contributed by atoms with Crippen LogP contribution in [0.5, 0.6) is 0 Å². The summed E-state index contributed by atoms with van der Waals surface area (Å²) in [6.45, 7) is 8.09. The molecule has 1 atom stereocenters. The van der Waals surface area contributed by atoms with Crippen molar-refractivity contribution >= 4 is 0 Å². The lowest BCUT2D eigenvalue weighted by atomic mass is 10.00. The summed E-state index contributed by atoms with van der Waals surface area (Å²) in [6.07, 6.45) is 4.07. The van der Waals surface area contributed by atoms with Crippen LogP contribution < -0.4 is 5.32 Å². The van der Waals surface area contributed by atoms with Crippen LogP contribution in [-0.4, -0.2) is 13.1 Å². The van der Waals surface area contributed by atoms with Gasteiger partial charge < -0.3 is 5.32 Å². The van der Waals surface area contributed by atoms with Crippen LogP contribution in [0.3, 0.4) is 0 Å². The summed E-state index contributed by atoms with van der Waals surface area (Å²) < 4.78 is 0. The Balaban J connectivity index is 2.73. The number of hydrogen-bond acceptors (Lipinski definition) is 1. The van der Waals surface area contributed by atoms with Crippen LogP contribution >= 0.6 is 0 Å². The number of rotatable bonds is 5. The van der Waals surface area contributed by atoms with Crippen molar-refractivity contribution in [3.05, 3.63) is 47.5 Å². The lowest BCUT2D eigenvalue weighted by Crippen LogP contribution is -2.26. The van der Waals surface area contributed by atoms with Crippen LogP contribution in [0.2, 0.25) is 0 Å². The summed E-state index contributed by atoms with van der Waals surface area (Å²) in [6, 6.07) is 7.25. The summed E-state index contributed by atoms with van der Waals surface area (Å²) in [5.41, 5.74) is 4.10. The van der Waals surface area contributed by atoms with Gasteiger partial charge in [-0.1, -0.05) is 35.4 Å². The molecule has 1 N–H and O–H groups in total. The molecule has 1 rings (SSSR count). The fraction of sp³-hybridized carbons (Fsp3) is 0.429. The lowest BCUT2D eigenvalue weighted by molar-refractivity contribution is 0.566. The largest absolute Gasteiger partial charge is 0.316 e. The minimum atomic E-state index is 0.503. The Kier molecular flexibility index (Phi) is 4.57. The average Bonchev–Trinajstić information content (AvgIpc) is 2.15. The van der Waals surface area contributed by atoms with Gasteiger partial charge in [0.05, 0.1) is 0 Å². The van der Waals surface area contributed by atoms with Crippen molar-refractivity contribution in [3.63, 3.8) is 0 Å². The van der Waals surface area contributed by atoms with E-state index in [0.29, 0.717) is 6.04 Å². The van der Waals surface area contributed by atoms with Crippen molar-refractivity contribution in [1.82, 2.24) is 5.32 Å². The number of benzene rings is 1. The zero-order valence-corrected chi connectivity index (χ0v) is 10.0. The van der Waals surface area contributed by atoms with Crippen LogP contribution in [0.4, 0.5) is 0 Å². The first-order valence-corrected chi connectivity index (χ1v) is 5.51. The Hall–Kier alpha value is -1.08. The van der Waals surface area contributed by atoms with Crippen LogP contribution in [0.25, 0.3) is 0 Å². The van der Waals surface area contributed by atoms with Gasteiger partial charge in [0.1, 0.15) is 0 Å². The Morgan fingerprint density at radius 3 is 2.33 bits per heavy atom. The molecule has 0 saturated carbocycles. The molecule has 0 bridgehead atoms. The van der Waals surface area contributed by atoms with E-state index < -0.39 is 0 Å². The third-order valence-corrected chi connectivity index (χ3v) is 2.62. The van der Waals surface area contributed by atoms with Crippen LogP contribution in [0.15, 0.2) is 30.9 Å². The van der Waals surface area contributed by atoms with Crippen molar-refractivity contribution in [3.8, 4) is 0 Å². The highest BCUT2D eigenvalue weighted by molar-refractivity contribution is 5.29. The highest BCUT2D eigenvalue weighted by Crippen LogP contribution is 2.12. The molecule has 0 radical (unpaired) electrons. The lowest BCUT2D eigenvalue weighted by Gasteiger charge is -2.14. The smallest absolute Gasteiger partial charge is 0.0139 e. The van der Waals surface area contributed by atoms with E-state index in [4.69, 9.17) is 0 Å². The molecule has 15 heavy (non-hydrogen) atoms. The van der Waals surface area contributed by atoms with E-state index in [2.05, 4.69) is 43.9 Å². The second-order valence-electron chi connectivity index (χ2n) is 4.21. The summed E-state index contributed by atoms with van der Waals surface area (Å²) in [5.74, 6) is 0. The second-order valence-corrected chi connectivity index (χ2v) is 4.21. The van der Waals surface area contributed by atoms with Gasteiger partial charge in [0, 0.05) is 6.04 Å². The molecule has 0 amide bonds. The monoisotopic (exact) mass is 203 g/mol. The van der Waals surface area contributed by atoms with E-state index in [9.17, 15) is 0 Å². The number of aryl methyl sites for hydroxylation is 2. The van der Waals surface area contributed by atoms with Gasteiger partial charge in [-0.3, -0.25) is 0 Å². The van der Waals surface area contributed by atoms with E-state index in [1.54, 1.807) is 0 Å². The molecule has 1 aromatic carbocycles. The van der Waals surface area contributed by atoms with Gasteiger partial charge in [-0.2, -0.15) is 0 Å². The molecule has 0 fully saturated rings. The minimum absolute atomic E-state index is 0.503. The van der Waals surface area contributed by atoms with Gasteiger partial charge in [0.2, 0.25) is 0 Å². The maximum absolute atomic E-state index is 3.79. The molecule has 0 aromatic heterocycles. The van der Waals surface area contributed by atoms with Gasteiger partial charge in [0.15, 0.2) is 0 Å². The van der Waals surface area contributed by atoms with Gasteiger partial charge in [-0.05, 0) is 39.3 Å². The minimum Gasteiger partial charge on any atom is -0.316 e. The van der Waals surface area contributed by atoms with Crippen molar-refractivity contribution in [2.45, 2.75) is 32.7 Å². The Bertz CT molecular complexity index is 308. The molecule has 0 aliphatic rings. The maximum Gasteiger partial charge on any atom is 0.0139 e. The number of likely N-dealkylation sites (N-methyl/N-ethyl adjacent to an activating group) is 1. The highest BCUT2D eigenvalue weighted by Gasteiger charge is 2.05. The third kappa shape index (κ3) is 3.88. The van der Waals surface area contributed by atoms with E-state index in [1.807, 2.05) is 13.1 Å². The first-order chi connectivity index (χ1) is 7.15. The van der Waals surface area contributed by atoms with Gasteiger partial charge in [-0.15, -0.1) is 6.58 Å².